The second kappa shape index (κ2) is 10.5. The van der Waals surface area contributed by atoms with Gasteiger partial charge in [-0.2, -0.15) is 5.10 Å². The lowest BCUT2D eigenvalue weighted by atomic mass is 10.1. The van der Waals surface area contributed by atoms with Crippen LogP contribution in [0.25, 0.3) is 10.8 Å². The average molecular weight is 421 g/mol. The van der Waals surface area contributed by atoms with Crippen molar-refractivity contribution in [1.29, 1.82) is 0 Å². The van der Waals surface area contributed by atoms with Gasteiger partial charge < -0.3 is 0 Å². The smallest absolute Gasteiger partial charge is 0.273 e. The standard InChI is InChI=1S/C24H28N4O3/c1-3-16-28-24(31)20-10-6-5-9-19(20)22(27-28)23(30)26-25-21(29)11-7-4-8-18-14-12-17(2)13-15-18/h5-6,9-10,12-15H,3-4,7-8,11,16H2,1-2H3,(H,25,29)(H,26,30). The number of aryl methyl sites for hydroxylation is 3. The molecular weight excluding hydrogens is 392 g/mol. The zero-order valence-electron chi connectivity index (χ0n) is 18.0. The summed E-state index contributed by atoms with van der Waals surface area (Å²) in [4.78, 5) is 37.3. The molecule has 1 aromatic heterocycles. The molecule has 0 radical (unpaired) electrons. The number of aromatic nitrogens is 2. The molecule has 0 saturated carbocycles. The maximum atomic E-state index is 12.7. The first kappa shape index (κ1) is 22.2. The maximum absolute atomic E-state index is 12.7. The third kappa shape index (κ3) is 5.78. The Hall–Kier alpha value is -3.48. The number of carbonyl (C=O) groups excluding carboxylic acids is 2. The van der Waals surface area contributed by atoms with Crippen LogP contribution < -0.4 is 16.4 Å². The average Bonchev–Trinajstić information content (AvgIpc) is 2.78. The van der Waals surface area contributed by atoms with E-state index in [0.717, 1.165) is 19.3 Å². The van der Waals surface area contributed by atoms with Gasteiger partial charge in [0, 0.05) is 18.4 Å². The lowest BCUT2D eigenvalue weighted by molar-refractivity contribution is -0.121. The molecule has 0 aliphatic heterocycles. The first-order chi connectivity index (χ1) is 15.0. The molecule has 0 fully saturated rings. The monoisotopic (exact) mass is 420 g/mol. The molecule has 3 aromatic rings. The van der Waals surface area contributed by atoms with E-state index >= 15 is 0 Å². The fourth-order valence-electron chi connectivity index (χ4n) is 3.38. The fourth-order valence-corrected chi connectivity index (χ4v) is 3.38. The minimum Gasteiger partial charge on any atom is -0.273 e. The summed E-state index contributed by atoms with van der Waals surface area (Å²) in [7, 11) is 0. The van der Waals surface area contributed by atoms with Crippen molar-refractivity contribution in [2.75, 3.05) is 0 Å². The number of hydrazine groups is 1. The number of nitrogens with one attached hydrogen (secondary N) is 2. The minimum atomic E-state index is -0.547. The summed E-state index contributed by atoms with van der Waals surface area (Å²) in [5, 5.41) is 5.12. The van der Waals surface area contributed by atoms with Crippen molar-refractivity contribution in [2.45, 2.75) is 52.5 Å². The molecule has 162 valence electrons. The highest BCUT2D eigenvalue weighted by atomic mass is 16.2. The molecule has 0 atom stereocenters. The van der Waals surface area contributed by atoms with E-state index in [1.165, 1.54) is 15.8 Å². The molecule has 0 bridgehead atoms. The van der Waals surface area contributed by atoms with Crippen LogP contribution in [0.2, 0.25) is 0 Å². The Bertz CT molecular complexity index is 1120. The quantitative estimate of drug-likeness (QED) is 0.432. The Kier molecular flexibility index (Phi) is 7.54. The van der Waals surface area contributed by atoms with E-state index in [-0.39, 0.29) is 17.2 Å². The number of rotatable bonds is 8. The zero-order valence-corrected chi connectivity index (χ0v) is 18.0. The second-order valence-electron chi connectivity index (χ2n) is 7.62. The minimum absolute atomic E-state index is 0.114. The summed E-state index contributed by atoms with van der Waals surface area (Å²) in [5.74, 6) is -0.808. The number of hydrogen-bond acceptors (Lipinski definition) is 4. The molecule has 2 aromatic carbocycles. The van der Waals surface area contributed by atoms with Crippen LogP contribution >= 0.6 is 0 Å². The van der Waals surface area contributed by atoms with Gasteiger partial charge in [0.1, 0.15) is 0 Å². The van der Waals surface area contributed by atoms with Crippen LogP contribution in [0.5, 0.6) is 0 Å². The third-order valence-corrected chi connectivity index (χ3v) is 5.07. The summed E-state index contributed by atoms with van der Waals surface area (Å²) in [6.45, 7) is 4.40. The largest absolute Gasteiger partial charge is 0.290 e. The van der Waals surface area contributed by atoms with Crippen LogP contribution in [-0.4, -0.2) is 21.6 Å². The molecule has 0 spiro atoms. The Morgan fingerprint density at radius 1 is 0.968 bits per heavy atom. The zero-order chi connectivity index (χ0) is 22.2. The van der Waals surface area contributed by atoms with Crippen LogP contribution in [0, 0.1) is 6.92 Å². The van der Waals surface area contributed by atoms with E-state index in [2.05, 4.69) is 47.1 Å². The van der Waals surface area contributed by atoms with Crippen molar-refractivity contribution in [3.63, 3.8) is 0 Å². The van der Waals surface area contributed by atoms with Crippen molar-refractivity contribution < 1.29 is 9.59 Å². The highest BCUT2D eigenvalue weighted by molar-refractivity contribution is 6.05. The van der Waals surface area contributed by atoms with Gasteiger partial charge >= 0.3 is 0 Å². The molecule has 1 heterocycles. The number of amides is 2. The Balaban J connectivity index is 1.56. The van der Waals surface area contributed by atoms with Crippen molar-refractivity contribution in [3.05, 3.63) is 75.7 Å². The highest BCUT2D eigenvalue weighted by Gasteiger charge is 2.17. The number of nitrogens with zero attached hydrogens (tertiary/aromatic N) is 2. The van der Waals surface area contributed by atoms with Crippen LogP contribution in [0.1, 0.15) is 54.2 Å². The van der Waals surface area contributed by atoms with E-state index in [9.17, 15) is 14.4 Å². The highest BCUT2D eigenvalue weighted by Crippen LogP contribution is 2.13. The molecule has 7 heteroatoms. The molecule has 31 heavy (non-hydrogen) atoms. The molecule has 0 saturated heterocycles. The molecule has 0 unspecified atom stereocenters. The SMILES string of the molecule is CCCn1nc(C(=O)NNC(=O)CCCCc2ccc(C)cc2)c2ccccc2c1=O. The van der Waals surface area contributed by atoms with Crippen molar-refractivity contribution in [1.82, 2.24) is 20.6 Å². The summed E-state index contributed by atoms with van der Waals surface area (Å²) in [6.07, 6.45) is 3.55. The van der Waals surface area contributed by atoms with Gasteiger partial charge in [0.25, 0.3) is 11.5 Å². The molecular formula is C24H28N4O3. The van der Waals surface area contributed by atoms with Crippen LogP contribution in [0.3, 0.4) is 0 Å². The van der Waals surface area contributed by atoms with E-state index in [0.29, 0.717) is 30.2 Å². The number of carbonyl (C=O) groups is 2. The fraction of sp³-hybridized carbons (Fsp3) is 0.333. The summed E-state index contributed by atoms with van der Waals surface area (Å²) < 4.78 is 1.30. The molecule has 2 amide bonds. The van der Waals surface area contributed by atoms with Gasteiger partial charge in [-0.05, 0) is 44.2 Å². The molecule has 0 aliphatic carbocycles. The Morgan fingerprint density at radius 2 is 1.68 bits per heavy atom. The lowest BCUT2D eigenvalue weighted by Crippen LogP contribution is -2.42. The topological polar surface area (TPSA) is 93.1 Å². The van der Waals surface area contributed by atoms with Gasteiger partial charge in [-0.3, -0.25) is 25.2 Å². The molecule has 2 N–H and O–H groups in total. The van der Waals surface area contributed by atoms with E-state index in [1.54, 1.807) is 24.3 Å². The number of fused-ring (bicyclic) bond motifs is 1. The predicted octanol–water partition coefficient (Wildman–Crippen LogP) is 3.29. The number of benzene rings is 2. The molecule has 7 nitrogen and oxygen atoms in total. The first-order valence-corrected chi connectivity index (χ1v) is 10.6. The van der Waals surface area contributed by atoms with Gasteiger partial charge in [-0.25, -0.2) is 4.68 Å². The third-order valence-electron chi connectivity index (χ3n) is 5.07. The van der Waals surface area contributed by atoms with Crippen LogP contribution in [-0.2, 0) is 17.8 Å². The van der Waals surface area contributed by atoms with Gasteiger partial charge in [-0.1, -0.05) is 55.0 Å². The van der Waals surface area contributed by atoms with E-state index < -0.39 is 5.91 Å². The maximum Gasteiger partial charge on any atom is 0.290 e. The summed E-state index contributed by atoms with van der Waals surface area (Å²) >= 11 is 0. The van der Waals surface area contributed by atoms with Crippen molar-refractivity contribution >= 4 is 22.6 Å². The number of hydrogen-bond donors (Lipinski definition) is 2. The van der Waals surface area contributed by atoms with Gasteiger partial charge in [0.2, 0.25) is 5.91 Å². The van der Waals surface area contributed by atoms with Crippen LogP contribution in [0.15, 0.2) is 53.3 Å². The van der Waals surface area contributed by atoms with Gasteiger partial charge in [-0.15, -0.1) is 0 Å². The summed E-state index contributed by atoms with van der Waals surface area (Å²) in [5.41, 5.74) is 7.24. The van der Waals surface area contributed by atoms with E-state index in [4.69, 9.17) is 0 Å². The predicted molar refractivity (Wildman–Crippen MR) is 121 cm³/mol. The Labute approximate surface area is 181 Å². The van der Waals surface area contributed by atoms with Crippen molar-refractivity contribution in [3.8, 4) is 0 Å². The van der Waals surface area contributed by atoms with Gasteiger partial charge in [0.15, 0.2) is 5.69 Å². The molecule has 3 rings (SSSR count). The normalized spacial score (nSPS) is 10.8. The van der Waals surface area contributed by atoms with E-state index in [1.807, 2.05) is 6.92 Å². The van der Waals surface area contributed by atoms with Crippen LogP contribution in [0.4, 0.5) is 0 Å². The first-order valence-electron chi connectivity index (χ1n) is 10.6. The van der Waals surface area contributed by atoms with Crippen molar-refractivity contribution in [2.24, 2.45) is 0 Å². The number of unbranched alkanes of at least 4 members (excludes halogenated alkanes) is 1. The molecule has 0 aliphatic rings. The Morgan fingerprint density at radius 3 is 2.39 bits per heavy atom. The lowest BCUT2D eigenvalue weighted by Gasteiger charge is -2.11. The van der Waals surface area contributed by atoms with Gasteiger partial charge in [0.05, 0.1) is 5.39 Å². The second-order valence-corrected chi connectivity index (χ2v) is 7.62. The summed E-state index contributed by atoms with van der Waals surface area (Å²) in [6, 6.07) is 15.2.